The summed E-state index contributed by atoms with van der Waals surface area (Å²) >= 11 is 0. The van der Waals surface area contributed by atoms with Gasteiger partial charge in [0.05, 0.1) is 6.26 Å². The predicted octanol–water partition coefficient (Wildman–Crippen LogP) is 0.939. The summed E-state index contributed by atoms with van der Waals surface area (Å²) in [6, 6.07) is 5.40. The maximum absolute atomic E-state index is 12.4. The summed E-state index contributed by atoms with van der Waals surface area (Å²) in [7, 11) is 0. The standard InChI is InChI=1S/C16H16N6O3/c23-15(12-3-1-10-24-12)21-7-4-13-19-20-14(22(13)9-8-21)11-25-16-17-5-2-6-18-16/h1-3,5-6,10H,4,7-9,11H2. The lowest BCUT2D eigenvalue weighted by Gasteiger charge is -2.18. The third-order valence-corrected chi connectivity index (χ3v) is 3.99. The molecule has 0 unspecified atom stereocenters. The van der Waals surface area contributed by atoms with Crippen molar-refractivity contribution in [3.63, 3.8) is 0 Å². The minimum absolute atomic E-state index is 0.112. The van der Waals surface area contributed by atoms with Crippen molar-refractivity contribution in [2.45, 2.75) is 19.6 Å². The number of hydrogen-bond acceptors (Lipinski definition) is 7. The molecule has 1 amide bonds. The minimum atomic E-state index is -0.112. The highest BCUT2D eigenvalue weighted by Gasteiger charge is 2.24. The first-order valence-electron chi connectivity index (χ1n) is 7.95. The lowest BCUT2D eigenvalue weighted by atomic mass is 10.3. The molecule has 0 fully saturated rings. The van der Waals surface area contributed by atoms with Crippen LogP contribution in [0.1, 0.15) is 22.2 Å². The number of aromatic nitrogens is 5. The summed E-state index contributed by atoms with van der Waals surface area (Å²) in [5.74, 6) is 1.76. The van der Waals surface area contributed by atoms with Gasteiger partial charge in [0.2, 0.25) is 0 Å². The van der Waals surface area contributed by atoms with Crippen molar-refractivity contribution in [1.82, 2.24) is 29.6 Å². The first kappa shape index (κ1) is 15.3. The summed E-state index contributed by atoms with van der Waals surface area (Å²) in [6.45, 7) is 1.95. The molecule has 0 aliphatic carbocycles. The van der Waals surface area contributed by atoms with E-state index in [1.54, 1.807) is 35.5 Å². The number of furan rings is 1. The second-order valence-corrected chi connectivity index (χ2v) is 5.52. The van der Waals surface area contributed by atoms with Gasteiger partial charge in [-0.15, -0.1) is 10.2 Å². The summed E-state index contributed by atoms with van der Waals surface area (Å²) in [6.07, 6.45) is 5.36. The molecular formula is C16H16N6O3. The van der Waals surface area contributed by atoms with E-state index in [9.17, 15) is 4.79 Å². The maximum atomic E-state index is 12.4. The molecule has 1 aliphatic rings. The normalized spacial score (nSPS) is 14.0. The fourth-order valence-corrected chi connectivity index (χ4v) is 2.74. The quantitative estimate of drug-likeness (QED) is 0.697. The average molecular weight is 340 g/mol. The van der Waals surface area contributed by atoms with Gasteiger partial charge in [0.1, 0.15) is 5.82 Å². The van der Waals surface area contributed by atoms with Crippen molar-refractivity contribution >= 4 is 5.91 Å². The third-order valence-electron chi connectivity index (χ3n) is 3.99. The largest absolute Gasteiger partial charge is 0.459 e. The molecule has 0 radical (unpaired) electrons. The SMILES string of the molecule is O=C(c1ccco1)N1CCc2nnc(COc3ncccn3)n2CC1. The first-order valence-corrected chi connectivity index (χ1v) is 7.95. The van der Waals surface area contributed by atoms with Gasteiger partial charge in [0.25, 0.3) is 5.91 Å². The molecule has 128 valence electrons. The average Bonchev–Trinajstić information content (AvgIpc) is 3.26. The molecule has 0 N–H and O–H groups in total. The molecule has 9 heteroatoms. The molecule has 0 aromatic carbocycles. The van der Waals surface area contributed by atoms with Gasteiger partial charge in [-0.1, -0.05) is 0 Å². The van der Waals surface area contributed by atoms with E-state index in [1.807, 2.05) is 4.57 Å². The zero-order valence-electron chi connectivity index (χ0n) is 13.4. The van der Waals surface area contributed by atoms with E-state index in [-0.39, 0.29) is 12.5 Å². The minimum Gasteiger partial charge on any atom is -0.459 e. The van der Waals surface area contributed by atoms with Gasteiger partial charge in [0.15, 0.2) is 18.2 Å². The molecule has 0 atom stereocenters. The Balaban J connectivity index is 1.44. The Morgan fingerprint density at radius 2 is 2.04 bits per heavy atom. The van der Waals surface area contributed by atoms with Crippen LogP contribution in [0.4, 0.5) is 0 Å². The fraction of sp³-hybridized carbons (Fsp3) is 0.312. The smallest absolute Gasteiger partial charge is 0.316 e. The Labute approximate surface area is 143 Å². The van der Waals surface area contributed by atoms with Crippen molar-refractivity contribution in [3.8, 4) is 6.01 Å². The number of hydrogen-bond donors (Lipinski definition) is 0. The van der Waals surface area contributed by atoms with E-state index in [4.69, 9.17) is 9.15 Å². The van der Waals surface area contributed by atoms with Crippen LogP contribution in [0.15, 0.2) is 41.3 Å². The van der Waals surface area contributed by atoms with E-state index in [0.717, 1.165) is 5.82 Å². The summed E-state index contributed by atoms with van der Waals surface area (Å²) < 4.78 is 12.7. The molecule has 0 bridgehead atoms. The number of ether oxygens (including phenoxy) is 1. The summed E-state index contributed by atoms with van der Waals surface area (Å²) in [5, 5.41) is 8.40. The highest BCUT2D eigenvalue weighted by atomic mass is 16.5. The van der Waals surface area contributed by atoms with Crippen molar-refractivity contribution < 1.29 is 13.9 Å². The topological polar surface area (TPSA) is 99.2 Å². The number of amides is 1. The highest BCUT2D eigenvalue weighted by molar-refractivity contribution is 5.91. The van der Waals surface area contributed by atoms with Crippen LogP contribution in [0.25, 0.3) is 0 Å². The number of carbonyl (C=O) groups is 1. The van der Waals surface area contributed by atoms with Crippen molar-refractivity contribution in [2.24, 2.45) is 0 Å². The van der Waals surface area contributed by atoms with Gasteiger partial charge in [0, 0.05) is 38.4 Å². The van der Waals surface area contributed by atoms with E-state index >= 15 is 0 Å². The second kappa shape index (κ2) is 6.71. The number of carbonyl (C=O) groups excluding carboxylic acids is 1. The third kappa shape index (κ3) is 3.21. The Kier molecular flexibility index (Phi) is 4.11. The molecule has 4 heterocycles. The van der Waals surface area contributed by atoms with Crippen LogP contribution in [0, 0.1) is 0 Å². The van der Waals surface area contributed by atoms with Gasteiger partial charge >= 0.3 is 6.01 Å². The molecule has 0 saturated carbocycles. The first-order chi connectivity index (χ1) is 12.3. The molecule has 3 aromatic rings. The molecule has 25 heavy (non-hydrogen) atoms. The number of fused-ring (bicyclic) bond motifs is 1. The second-order valence-electron chi connectivity index (χ2n) is 5.52. The molecule has 9 nitrogen and oxygen atoms in total. The van der Waals surface area contributed by atoms with Crippen LogP contribution in [0.2, 0.25) is 0 Å². The number of nitrogens with zero attached hydrogens (tertiary/aromatic N) is 6. The monoisotopic (exact) mass is 340 g/mol. The van der Waals surface area contributed by atoms with Gasteiger partial charge in [-0.2, -0.15) is 0 Å². The van der Waals surface area contributed by atoms with Crippen LogP contribution in [0.3, 0.4) is 0 Å². The van der Waals surface area contributed by atoms with Crippen LogP contribution < -0.4 is 4.74 Å². The van der Waals surface area contributed by atoms with Gasteiger partial charge in [-0.05, 0) is 18.2 Å². The molecule has 0 spiro atoms. The zero-order chi connectivity index (χ0) is 17.1. The Bertz CT molecular complexity index is 846. The summed E-state index contributed by atoms with van der Waals surface area (Å²) in [4.78, 5) is 22.2. The Hall–Kier alpha value is -3.23. The molecule has 0 saturated heterocycles. The zero-order valence-corrected chi connectivity index (χ0v) is 13.4. The van der Waals surface area contributed by atoms with Gasteiger partial charge in [-0.25, -0.2) is 9.97 Å². The van der Waals surface area contributed by atoms with Crippen molar-refractivity contribution in [1.29, 1.82) is 0 Å². The lowest BCUT2D eigenvalue weighted by molar-refractivity contribution is 0.0726. The van der Waals surface area contributed by atoms with E-state index in [1.165, 1.54) is 6.26 Å². The number of rotatable bonds is 4. The fourth-order valence-electron chi connectivity index (χ4n) is 2.74. The van der Waals surface area contributed by atoms with Crippen LogP contribution in [0.5, 0.6) is 6.01 Å². The summed E-state index contributed by atoms with van der Waals surface area (Å²) in [5.41, 5.74) is 0. The van der Waals surface area contributed by atoms with Crippen molar-refractivity contribution in [3.05, 3.63) is 54.3 Å². The lowest BCUT2D eigenvalue weighted by Crippen LogP contribution is -2.33. The Morgan fingerprint density at radius 3 is 2.84 bits per heavy atom. The Morgan fingerprint density at radius 1 is 1.16 bits per heavy atom. The van der Waals surface area contributed by atoms with Crippen molar-refractivity contribution in [2.75, 3.05) is 13.1 Å². The molecular weight excluding hydrogens is 324 g/mol. The van der Waals surface area contributed by atoms with E-state index in [2.05, 4.69) is 20.2 Å². The van der Waals surface area contributed by atoms with Gasteiger partial charge < -0.3 is 18.6 Å². The molecule has 3 aromatic heterocycles. The predicted molar refractivity (Wildman–Crippen MR) is 84.7 cm³/mol. The molecule has 4 rings (SSSR count). The van der Waals surface area contributed by atoms with E-state index in [0.29, 0.717) is 43.7 Å². The van der Waals surface area contributed by atoms with Gasteiger partial charge in [-0.3, -0.25) is 4.79 Å². The highest BCUT2D eigenvalue weighted by Crippen LogP contribution is 2.14. The maximum Gasteiger partial charge on any atom is 0.316 e. The molecule has 1 aliphatic heterocycles. The van der Waals surface area contributed by atoms with E-state index < -0.39 is 0 Å². The van der Waals surface area contributed by atoms with Crippen LogP contribution in [-0.4, -0.2) is 48.6 Å². The van der Waals surface area contributed by atoms with Crippen LogP contribution >= 0.6 is 0 Å². The van der Waals surface area contributed by atoms with Crippen LogP contribution in [-0.2, 0) is 19.6 Å².